The van der Waals surface area contributed by atoms with Crippen molar-refractivity contribution in [3.8, 4) is 23.0 Å². The van der Waals surface area contributed by atoms with Gasteiger partial charge in [-0.3, -0.25) is 0 Å². The van der Waals surface area contributed by atoms with Crippen LogP contribution in [0.1, 0.15) is 25.2 Å². The Balaban J connectivity index is 1.56. The summed E-state index contributed by atoms with van der Waals surface area (Å²) in [6, 6.07) is 3.73. The van der Waals surface area contributed by atoms with Gasteiger partial charge >= 0.3 is 6.08 Å². The maximum atomic E-state index is 14.0. The Morgan fingerprint density at radius 1 is 1.18 bits per heavy atom. The number of hydrogen-bond acceptors (Lipinski definition) is 9. The summed E-state index contributed by atoms with van der Waals surface area (Å²) in [6.07, 6.45) is 2.60. The highest BCUT2D eigenvalue weighted by molar-refractivity contribution is 5.82. The van der Waals surface area contributed by atoms with Crippen LogP contribution in [-0.4, -0.2) is 44.4 Å². The number of aromatic nitrogens is 5. The number of nitrogens with zero attached hydrogens (tertiary/aromatic N) is 5. The van der Waals surface area contributed by atoms with E-state index in [0.717, 1.165) is 17.7 Å². The number of halogens is 1. The average molecular weight is 453 g/mol. The highest BCUT2D eigenvalue weighted by Gasteiger charge is 2.23. The van der Waals surface area contributed by atoms with Crippen molar-refractivity contribution in [1.82, 2.24) is 29.8 Å². The normalized spacial score (nSPS) is 12.8. The van der Waals surface area contributed by atoms with E-state index in [-0.39, 0.29) is 12.6 Å². The minimum atomic E-state index is -0.883. The Hall–Kier alpha value is -3.73. The van der Waals surface area contributed by atoms with Gasteiger partial charge in [-0.2, -0.15) is 14.4 Å². The summed E-state index contributed by atoms with van der Waals surface area (Å²) in [5.74, 6) is 2.88. The Morgan fingerprint density at radius 3 is 2.76 bits per heavy atom. The first kappa shape index (κ1) is 21.1. The van der Waals surface area contributed by atoms with Gasteiger partial charge in [-0.1, -0.05) is 13.8 Å². The molecule has 33 heavy (non-hydrogen) atoms. The van der Waals surface area contributed by atoms with E-state index < -0.39 is 6.08 Å². The number of nitrogens with one attached hydrogen (secondary N) is 1. The van der Waals surface area contributed by atoms with Crippen molar-refractivity contribution in [2.75, 3.05) is 25.6 Å². The molecule has 0 bridgehead atoms. The van der Waals surface area contributed by atoms with Crippen molar-refractivity contribution >= 4 is 17.0 Å². The fourth-order valence-electron chi connectivity index (χ4n) is 3.85. The summed E-state index contributed by atoms with van der Waals surface area (Å²) in [4.78, 5) is 16.6. The van der Waals surface area contributed by atoms with Crippen LogP contribution in [0.3, 0.4) is 0 Å². The summed E-state index contributed by atoms with van der Waals surface area (Å²) in [5.41, 5.74) is 8.31. The molecule has 4 heterocycles. The third-order valence-corrected chi connectivity index (χ3v) is 5.35. The van der Waals surface area contributed by atoms with Crippen LogP contribution in [0.15, 0.2) is 29.0 Å². The predicted molar refractivity (Wildman–Crippen MR) is 118 cm³/mol. The first-order chi connectivity index (χ1) is 16.0. The average Bonchev–Trinajstić information content (AvgIpc) is 3.51. The molecule has 0 aliphatic carbocycles. The fourth-order valence-corrected chi connectivity index (χ4v) is 3.85. The van der Waals surface area contributed by atoms with Crippen LogP contribution in [0.2, 0.25) is 0 Å². The number of benzene rings is 1. The molecule has 1 aromatic carbocycles. The lowest BCUT2D eigenvalue weighted by atomic mass is 10.0. The van der Waals surface area contributed by atoms with Crippen molar-refractivity contribution in [3.63, 3.8) is 0 Å². The Labute approximate surface area is 189 Å². The van der Waals surface area contributed by atoms with Crippen molar-refractivity contribution in [3.05, 3.63) is 42.1 Å². The molecule has 11 heteroatoms. The third kappa shape index (κ3) is 4.19. The second-order valence-corrected chi connectivity index (χ2v) is 8.20. The Kier molecular flexibility index (Phi) is 5.55. The maximum absolute atomic E-state index is 14.0. The fraction of sp³-hybridized carbons (Fsp3) is 0.364. The van der Waals surface area contributed by atoms with Gasteiger partial charge in [0, 0.05) is 25.1 Å². The molecule has 0 saturated carbocycles. The summed E-state index contributed by atoms with van der Waals surface area (Å²) < 4.78 is 32.5. The van der Waals surface area contributed by atoms with Crippen molar-refractivity contribution in [1.29, 1.82) is 0 Å². The second-order valence-electron chi connectivity index (χ2n) is 8.20. The third-order valence-electron chi connectivity index (χ3n) is 5.35. The van der Waals surface area contributed by atoms with Crippen molar-refractivity contribution < 1.29 is 18.3 Å². The van der Waals surface area contributed by atoms with Crippen LogP contribution in [0.25, 0.3) is 22.6 Å². The number of anilines is 1. The molecule has 3 aromatic heterocycles. The number of hydrogen-bond donors (Lipinski definition) is 2. The summed E-state index contributed by atoms with van der Waals surface area (Å²) in [7, 11) is 0. The van der Waals surface area contributed by atoms with E-state index in [2.05, 4.69) is 39.1 Å². The zero-order valence-corrected chi connectivity index (χ0v) is 18.3. The zero-order valence-electron chi connectivity index (χ0n) is 18.3. The monoisotopic (exact) mass is 453 g/mol. The van der Waals surface area contributed by atoms with E-state index in [1.807, 2.05) is 16.7 Å². The van der Waals surface area contributed by atoms with Gasteiger partial charge in [0.05, 0.1) is 6.20 Å². The molecule has 0 fully saturated rings. The van der Waals surface area contributed by atoms with Crippen molar-refractivity contribution in [2.24, 2.45) is 5.92 Å². The summed E-state index contributed by atoms with van der Waals surface area (Å²) in [6.45, 7) is 6.48. The Morgan fingerprint density at radius 2 is 2.00 bits per heavy atom. The van der Waals surface area contributed by atoms with Crippen LogP contribution in [-0.2, 0) is 13.0 Å². The Bertz CT molecular complexity index is 1290. The van der Waals surface area contributed by atoms with Gasteiger partial charge in [0.15, 0.2) is 28.5 Å². The van der Waals surface area contributed by atoms with Crippen LogP contribution in [0.5, 0.6) is 11.5 Å². The molecule has 0 spiro atoms. The summed E-state index contributed by atoms with van der Waals surface area (Å²) >= 11 is 0. The largest absolute Gasteiger partial charge is 0.454 e. The van der Waals surface area contributed by atoms with E-state index in [0.29, 0.717) is 59.8 Å². The molecule has 3 N–H and O–H groups in total. The minimum absolute atomic E-state index is 0.00579. The van der Waals surface area contributed by atoms with E-state index in [1.54, 1.807) is 6.20 Å². The number of nitrogen functional groups attached to an aromatic ring is 1. The zero-order chi connectivity index (χ0) is 22.9. The predicted octanol–water partition coefficient (Wildman–Crippen LogP) is 2.77. The van der Waals surface area contributed by atoms with Gasteiger partial charge in [0.2, 0.25) is 12.7 Å². The molecule has 5 rings (SSSR count). The number of rotatable bonds is 8. The first-order valence-electron chi connectivity index (χ1n) is 10.7. The van der Waals surface area contributed by atoms with Gasteiger partial charge < -0.3 is 29.5 Å². The maximum Gasteiger partial charge on any atom is 0.312 e. The highest BCUT2D eigenvalue weighted by Crippen LogP contribution is 2.39. The number of imidazole rings is 1. The molecule has 10 nitrogen and oxygen atoms in total. The molecule has 1 aliphatic heterocycles. The van der Waals surface area contributed by atoms with Crippen LogP contribution >= 0.6 is 0 Å². The van der Waals surface area contributed by atoms with Crippen LogP contribution in [0, 0.1) is 12.0 Å². The molecule has 0 amide bonds. The number of oxazole rings is 1. The van der Waals surface area contributed by atoms with E-state index in [4.69, 9.17) is 19.6 Å². The molecule has 0 unspecified atom stereocenters. The van der Waals surface area contributed by atoms with Gasteiger partial charge in [0.25, 0.3) is 0 Å². The van der Waals surface area contributed by atoms with Crippen LogP contribution < -0.4 is 20.5 Å². The lowest BCUT2D eigenvalue weighted by Crippen LogP contribution is -2.25. The highest BCUT2D eigenvalue weighted by atomic mass is 19.1. The van der Waals surface area contributed by atoms with Crippen molar-refractivity contribution in [2.45, 2.75) is 26.8 Å². The van der Waals surface area contributed by atoms with E-state index in [1.165, 1.54) is 6.26 Å². The first-order valence-corrected chi connectivity index (χ1v) is 10.7. The standard InChI is InChI=1S/C22H24FN7O3/c1-12(2)10-25-3-5-30-17(27-18-19(24)28-22(23)29-20(18)30)8-13-7-15-16(33-11-32-15)9-14(13)21-26-4-6-31-21/h4,6-7,9,12,25H,3,5,8,10-11H2,1-2H3,(H2,24,28,29). The molecule has 0 atom stereocenters. The number of ether oxygens (including phenoxy) is 2. The molecule has 0 saturated heterocycles. The minimum Gasteiger partial charge on any atom is -0.454 e. The van der Waals surface area contributed by atoms with Gasteiger partial charge in [-0.05, 0) is 30.2 Å². The number of nitrogens with two attached hydrogens (primary N) is 1. The van der Waals surface area contributed by atoms with Gasteiger partial charge in [-0.25, -0.2) is 9.97 Å². The van der Waals surface area contributed by atoms with E-state index in [9.17, 15) is 4.39 Å². The second kappa shape index (κ2) is 8.66. The number of fused-ring (bicyclic) bond motifs is 2. The summed E-state index contributed by atoms with van der Waals surface area (Å²) in [5, 5.41) is 3.40. The quantitative estimate of drug-likeness (QED) is 0.306. The molecule has 172 valence electrons. The molecular weight excluding hydrogens is 429 g/mol. The molecule has 4 aromatic rings. The SMILES string of the molecule is CC(C)CNCCn1c(Cc2cc3c(cc2-c2ncco2)OCO3)nc2c(N)nc(F)nc21. The lowest BCUT2D eigenvalue weighted by molar-refractivity contribution is 0.174. The topological polar surface area (TPSA) is 126 Å². The van der Waals surface area contributed by atoms with Crippen LogP contribution in [0.4, 0.5) is 10.2 Å². The molecule has 0 radical (unpaired) electrons. The molecule has 1 aliphatic rings. The smallest absolute Gasteiger partial charge is 0.312 e. The van der Waals surface area contributed by atoms with Gasteiger partial charge in [-0.15, -0.1) is 0 Å². The van der Waals surface area contributed by atoms with Gasteiger partial charge in [0.1, 0.15) is 12.1 Å². The molecular formula is C22H24FN7O3. The lowest BCUT2D eigenvalue weighted by Gasteiger charge is -2.13. The van der Waals surface area contributed by atoms with E-state index >= 15 is 0 Å².